The number of aromatic nitrogens is 4. The topological polar surface area (TPSA) is 122 Å². The van der Waals surface area contributed by atoms with Crippen LogP contribution in [0.2, 0.25) is 0 Å². The van der Waals surface area contributed by atoms with Gasteiger partial charge in [0.15, 0.2) is 5.65 Å². The van der Waals surface area contributed by atoms with E-state index in [0.29, 0.717) is 17.9 Å². The summed E-state index contributed by atoms with van der Waals surface area (Å²) in [7, 11) is 0. The first-order valence-corrected chi connectivity index (χ1v) is 10.8. The lowest BCUT2D eigenvalue weighted by Gasteiger charge is -2.15. The van der Waals surface area contributed by atoms with E-state index < -0.39 is 23.3 Å². The highest BCUT2D eigenvalue weighted by molar-refractivity contribution is 5.88. The first kappa shape index (κ1) is 23.1. The fraction of sp³-hybridized carbons (Fsp3) is 0.250. The Bertz CT molecular complexity index is 1470. The van der Waals surface area contributed by atoms with Crippen LogP contribution in [0.5, 0.6) is 0 Å². The molecule has 0 saturated carbocycles. The third-order valence-corrected chi connectivity index (χ3v) is 5.45. The van der Waals surface area contributed by atoms with Gasteiger partial charge < -0.3 is 15.4 Å². The summed E-state index contributed by atoms with van der Waals surface area (Å²) in [5.41, 5.74) is 0.349. The van der Waals surface area contributed by atoms with Crippen molar-refractivity contribution in [1.29, 1.82) is 0 Å². The summed E-state index contributed by atoms with van der Waals surface area (Å²) in [4.78, 5) is 44.9. The van der Waals surface area contributed by atoms with Gasteiger partial charge in [0.25, 0.3) is 5.56 Å². The predicted octanol–water partition coefficient (Wildman–Crippen LogP) is 2.52. The Hall–Kier alpha value is -4.05. The van der Waals surface area contributed by atoms with Crippen LogP contribution in [0.25, 0.3) is 11.2 Å². The van der Waals surface area contributed by atoms with Crippen molar-refractivity contribution < 1.29 is 14.3 Å². The van der Waals surface area contributed by atoms with E-state index in [4.69, 9.17) is 0 Å². The second-order valence-electron chi connectivity index (χ2n) is 7.96. The van der Waals surface area contributed by atoms with Gasteiger partial charge in [0.1, 0.15) is 23.4 Å². The van der Waals surface area contributed by atoms with Gasteiger partial charge in [-0.3, -0.25) is 14.2 Å². The molecule has 0 fully saturated rings. The van der Waals surface area contributed by atoms with Crippen molar-refractivity contribution in [1.82, 2.24) is 19.1 Å². The minimum atomic E-state index is -1.21. The number of carbonyl (C=O) groups excluding carboxylic acids is 1. The second-order valence-corrected chi connectivity index (χ2v) is 7.96. The summed E-state index contributed by atoms with van der Waals surface area (Å²) in [6, 6.07) is 13.0. The van der Waals surface area contributed by atoms with Gasteiger partial charge in [-0.2, -0.15) is 0 Å². The van der Waals surface area contributed by atoms with E-state index in [1.807, 2.05) is 12.1 Å². The minimum absolute atomic E-state index is 0.0407. The number of aliphatic hydroxyl groups excluding tert-OH is 1. The Balaban J connectivity index is 1.78. The zero-order valence-electron chi connectivity index (χ0n) is 18.7. The second kappa shape index (κ2) is 9.44. The number of H-pyrrole nitrogens is 1. The number of nitrogens with zero attached hydrogens (tertiary/aromatic N) is 3. The van der Waals surface area contributed by atoms with Gasteiger partial charge in [-0.25, -0.2) is 18.7 Å². The van der Waals surface area contributed by atoms with Crippen molar-refractivity contribution in [3.05, 3.63) is 92.1 Å². The minimum Gasteiger partial charge on any atom is -0.373 e. The van der Waals surface area contributed by atoms with Crippen LogP contribution in [0.15, 0.2) is 58.1 Å². The first-order chi connectivity index (χ1) is 16.3. The Morgan fingerprint density at radius 1 is 1.18 bits per heavy atom. The molecule has 9 nitrogen and oxygen atoms in total. The van der Waals surface area contributed by atoms with Gasteiger partial charge in [0.05, 0.1) is 6.54 Å². The van der Waals surface area contributed by atoms with Gasteiger partial charge >= 0.3 is 5.69 Å². The van der Waals surface area contributed by atoms with Crippen LogP contribution in [-0.4, -0.2) is 30.1 Å². The van der Waals surface area contributed by atoms with Crippen LogP contribution in [0.4, 0.5) is 10.1 Å². The molecule has 176 valence electrons. The number of aliphatic hydroxyl groups is 1. The van der Waals surface area contributed by atoms with Crippen LogP contribution in [0.3, 0.4) is 0 Å². The number of imidazole rings is 1. The van der Waals surface area contributed by atoms with Crippen molar-refractivity contribution in [2.24, 2.45) is 0 Å². The van der Waals surface area contributed by atoms with Crippen LogP contribution >= 0.6 is 0 Å². The first-order valence-electron chi connectivity index (χ1n) is 10.8. The molecule has 4 aromatic rings. The molecular formula is C24H24FN5O4. The molecule has 0 aliphatic rings. The van der Waals surface area contributed by atoms with Crippen LogP contribution in [-0.2, 0) is 17.8 Å². The van der Waals surface area contributed by atoms with Gasteiger partial charge in [0.2, 0.25) is 5.91 Å². The van der Waals surface area contributed by atoms with E-state index in [9.17, 15) is 23.9 Å². The molecule has 34 heavy (non-hydrogen) atoms. The highest BCUT2D eigenvalue weighted by Gasteiger charge is 2.21. The van der Waals surface area contributed by atoms with Crippen LogP contribution in [0, 0.1) is 5.82 Å². The predicted molar refractivity (Wildman–Crippen MR) is 125 cm³/mol. The summed E-state index contributed by atoms with van der Waals surface area (Å²) in [6.45, 7) is 2.83. The molecule has 2 aromatic heterocycles. The van der Waals surface area contributed by atoms with Crippen LogP contribution in [0.1, 0.15) is 43.4 Å². The molecule has 10 heteroatoms. The number of hydrogen-bond donors (Lipinski definition) is 3. The Kier molecular flexibility index (Phi) is 6.42. The Morgan fingerprint density at radius 2 is 1.88 bits per heavy atom. The maximum atomic E-state index is 14.2. The van der Waals surface area contributed by atoms with E-state index in [1.54, 1.807) is 25.1 Å². The lowest BCUT2D eigenvalue weighted by Crippen LogP contribution is -2.42. The molecule has 0 saturated heterocycles. The van der Waals surface area contributed by atoms with E-state index in [0.717, 1.165) is 14.7 Å². The van der Waals surface area contributed by atoms with Crippen molar-refractivity contribution in [2.75, 3.05) is 5.32 Å². The molecule has 0 bridgehead atoms. The number of hydrogen-bond acceptors (Lipinski definition) is 5. The third kappa shape index (κ3) is 4.53. The highest BCUT2D eigenvalue weighted by Crippen LogP contribution is 2.17. The third-order valence-electron chi connectivity index (χ3n) is 5.45. The summed E-state index contributed by atoms with van der Waals surface area (Å²) < 4.78 is 16.2. The van der Waals surface area contributed by atoms with Crippen molar-refractivity contribution in [2.45, 2.75) is 39.5 Å². The van der Waals surface area contributed by atoms with Crippen molar-refractivity contribution in [3.63, 3.8) is 0 Å². The quantitative estimate of drug-likeness (QED) is 0.387. The molecule has 1 atom stereocenters. The normalized spacial score (nSPS) is 12.1. The zero-order valence-corrected chi connectivity index (χ0v) is 18.7. The smallest absolute Gasteiger partial charge is 0.335 e. The van der Waals surface area contributed by atoms with E-state index in [-0.39, 0.29) is 35.6 Å². The fourth-order valence-electron chi connectivity index (χ4n) is 3.75. The van der Waals surface area contributed by atoms with Crippen molar-refractivity contribution >= 4 is 22.8 Å². The van der Waals surface area contributed by atoms with Gasteiger partial charge in [0, 0.05) is 24.6 Å². The number of fused-ring (bicyclic) bond motifs is 1. The monoisotopic (exact) mass is 465 g/mol. The molecule has 0 radical (unpaired) electrons. The standard InChI is InChI=1S/C24H24FN5O4/c1-3-20(32)30-22-21(23(33)29(24(30)34)13-16-6-4-5-7-18(16)25)27-19(28-22)12-15-8-10-17(11-9-15)26-14(2)31/h4-11,20,32H,3,12-13H2,1-2H3,(H,26,31)(H,27,28). The number of amides is 1. The van der Waals surface area contributed by atoms with E-state index >= 15 is 0 Å². The Morgan fingerprint density at radius 3 is 2.53 bits per heavy atom. The average molecular weight is 465 g/mol. The van der Waals surface area contributed by atoms with E-state index in [1.165, 1.54) is 25.1 Å². The molecular weight excluding hydrogens is 441 g/mol. The molecule has 3 N–H and O–H groups in total. The molecule has 2 heterocycles. The average Bonchev–Trinajstić information content (AvgIpc) is 3.22. The van der Waals surface area contributed by atoms with E-state index in [2.05, 4.69) is 15.3 Å². The summed E-state index contributed by atoms with van der Waals surface area (Å²) in [5.74, 6) is -0.298. The number of halogens is 1. The number of anilines is 1. The zero-order chi connectivity index (χ0) is 24.4. The molecule has 0 aliphatic carbocycles. The SMILES string of the molecule is CCC(O)n1c(=O)n(Cc2ccccc2F)c(=O)c2[nH]c(Cc3ccc(NC(C)=O)cc3)nc21. The largest absolute Gasteiger partial charge is 0.373 e. The Labute approximate surface area is 193 Å². The van der Waals surface area contributed by atoms with Gasteiger partial charge in [-0.05, 0) is 30.2 Å². The molecule has 4 rings (SSSR count). The summed E-state index contributed by atoms with van der Waals surface area (Å²) >= 11 is 0. The highest BCUT2D eigenvalue weighted by atomic mass is 19.1. The maximum absolute atomic E-state index is 14.2. The van der Waals surface area contributed by atoms with Gasteiger partial charge in [-0.15, -0.1) is 0 Å². The lowest BCUT2D eigenvalue weighted by molar-refractivity contribution is -0.114. The number of benzene rings is 2. The molecule has 1 unspecified atom stereocenters. The molecule has 2 aromatic carbocycles. The van der Waals surface area contributed by atoms with Crippen LogP contribution < -0.4 is 16.6 Å². The van der Waals surface area contributed by atoms with Gasteiger partial charge in [-0.1, -0.05) is 37.3 Å². The molecule has 0 spiro atoms. The number of aromatic amines is 1. The molecule has 0 aliphatic heterocycles. The lowest BCUT2D eigenvalue weighted by atomic mass is 10.1. The summed E-state index contributed by atoms with van der Waals surface area (Å²) in [6.07, 6.45) is -0.687. The maximum Gasteiger partial charge on any atom is 0.335 e. The van der Waals surface area contributed by atoms with Crippen molar-refractivity contribution in [3.8, 4) is 0 Å². The fourth-order valence-corrected chi connectivity index (χ4v) is 3.75. The number of rotatable bonds is 7. The summed E-state index contributed by atoms with van der Waals surface area (Å²) in [5, 5.41) is 13.2. The number of carbonyl (C=O) groups is 1. The molecule has 1 amide bonds. The number of nitrogens with one attached hydrogen (secondary N) is 2.